The number of aromatic nitrogens is 1. The van der Waals surface area contributed by atoms with Gasteiger partial charge in [-0.25, -0.2) is 4.98 Å². The zero-order chi connectivity index (χ0) is 11.5. The van der Waals surface area contributed by atoms with Crippen LogP contribution in [0.5, 0.6) is 0 Å². The van der Waals surface area contributed by atoms with E-state index in [0.29, 0.717) is 6.04 Å². The molecule has 0 saturated heterocycles. The summed E-state index contributed by atoms with van der Waals surface area (Å²) in [6.07, 6.45) is 0. The van der Waals surface area contributed by atoms with Gasteiger partial charge in [-0.05, 0) is 37.4 Å². The average molecular weight is 252 g/mol. The minimum absolute atomic E-state index is 0.426. The molecule has 2 nitrogen and oxygen atoms in total. The Morgan fingerprint density at radius 1 is 1.38 bits per heavy atom. The van der Waals surface area contributed by atoms with Crippen molar-refractivity contribution in [3.05, 3.63) is 27.4 Å². The van der Waals surface area contributed by atoms with Gasteiger partial charge in [0.15, 0.2) is 0 Å². The van der Waals surface area contributed by atoms with E-state index in [4.69, 9.17) is 0 Å². The Morgan fingerprint density at radius 2 is 2.19 bits per heavy atom. The number of hydrogen-bond acceptors (Lipinski definition) is 4. The molecular formula is C12H16N2S2. The van der Waals surface area contributed by atoms with Crippen molar-refractivity contribution in [2.24, 2.45) is 0 Å². The Morgan fingerprint density at radius 3 is 2.81 bits per heavy atom. The minimum Gasteiger partial charge on any atom is -0.310 e. The number of thiophene rings is 1. The predicted molar refractivity (Wildman–Crippen MR) is 72.3 cm³/mol. The van der Waals surface area contributed by atoms with Crippen LogP contribution in [0.3, 0.4) is 0 Å². The molecule has 16 heavy (non-hydrogen) atoms. The third-order valence-corrected chi connectivity index (χ3v) is 4.25. The van der Waals surface area contributed by atoms with E-state index in [1.54, 1.807) is 22.7 Å². The Balaban J connectivity index is 2.19. The van der Waals surface area contributed by atoms with E-state index in [0.717, 1.165) is 17.2 Å². The van der Waals surface area contributed by atoms with Crippen molar-refractivity contribution >= 4 is 22.7 Å². The van der Waals surface area contributed by atoms with Gasteiger partial charge >= 0.3 is 0 Å². The predicted octanol–water partition coefficient (Wildman–Crippen LogP) is 3.85. The lowest BCUT2D eigenvalue weighted by molar-refractivity contribution is 0.600. The average Bonchev–Trinajstić information content (AvgIpc) is 2.85. The van der Waals surface area contributed by atoms with Gasteiger partial charge in [0.25, 0.3) is 0 Å². The summed E-state index contributed by atoms with van der Waals surface area (Å²) in [5.41, 5.74) is 2.47. The first kappa shape index (κ1) is 11.8. The zero-order valence-electron chi connectivity index (χ0n) is 9.78. The van der Waals surface area contributed by atoms with Gasteiger partial charge in [0, 0.05) is 11.4 Å². The smallest absolute Gasteiger partial charge is 0.0914 e. The van der Waals surface area contributed by atoms with E-state index < -0.39 is 0 Å². The lowest BCUT2D eigenvalue weighted by atomic mass is 10.1. The number of thiazole rings is 1. The second kappa shape index (κ2) is 5.08. The number of nitrogens with one attached hydrogen (secondary N) is 1. The summed E-state index contributed by atoms with van der Waals surface area (Å²) in [6.45, 7) is 7.38. The molecule has 0 aliphatic heterocycles. The van der Waals surface area contributed by atoms with E-state index in [-0.39, 0.29) is 0 Å². The van der Waals surface area contributed by atoms with E-state index in [1.807, 2.05) is 6.92 Å². The molecule has 1 unspecified atom stereocenters. The van der Waals surface area contributed by atoms with Gasteiger partial charge in [0.2, 0.25) is 0 Å². The maximum atomic E-state index is 4.51. The van der Waals surface area contributed by atoms with Crippen LogP contribution in [0.15, 0.2) is 16.8 Å². The number of nitrogens with zero attached hydrogens (tertiary/aromatic N) is 1. The first-order chi connectivity index (χ1) is 7.70. The highest BCUT2D eigenvalue weighted by Gasteiger charge is 2.09. The lowest BCUT2D eigenvalue weighted by Gasteiger charge is -2.09. The molecule has 0 spiro atoms. The molecule has 2 rings (SSSR count). The van der Waals surface area contributed by atoms with Crippen LogP contribution in [-0.2, 0) is 0 Å². The SMILES string of the molecule is CCNC(C)c1csc(-c2csc(C)n2)c1. The molecule has 0 aliphatic carbocycles. The fourth-order valence-corrected chi connectivity index (χ4v) is 3.27. The van der Waals surface area contributed by atoms with Crippen LogP contribution in [0, 0.1) is 6.92 Å². The molecular weight excluding hydrogens is 236 g/mol. The monoisotopic (exact) mass is 252 g/mol. The fraction of sp³-hybridized carbons (Fsp3) is 0.417. The lowest BCUT2D eigenvalue weighted by Crippen LogP contribution is -2.16. The van der Waals surface area contributed by atoms with Crippen LogP contribution < -0.4 is 5.32 Å². The highest BCUT2D eigenvalue weighted by atomic mass is 32.1. The van der Waals surface area contributed by atoms with Crippen molar-refractivity contribution in [3.63, 3.8) is 0 Å². The van der Waals surface area contributed by atoms with Crippen molar-refractivity contribution in [1.82, 2.24) is 10.3 Å². The van der Waals surface area contributed by atoms with Crippen molar-refractivity contribution in [2.45, 2.75) is 26.8 Å². The molecule has 4 heteroatoms. The Bertz CT molecular complexity index is 459. The number of aryl methyl sites for hydroxylation is 1. The van der Waals surface area contributed by atoms with Gasteiger partial charge in [0.05, 0.1) is 15.6 Å². The van der Waals surface area contributed by atoms with E-state index in [2.05, 4.69) is 41.0 Å². The molecule has 0 saturated carbocycles. The Kier molecular flexibility index (Phi) is 3.74. The van der Waals surface area contributed by atoms with Gasteiger partial charge in [-0.1, -0.05) is 6.92 Å². The van der Waals surface area contributed by atoms with Crippen LogP contribution in [0.4, 0.5) is 0 Å². The van der Waals surface area contributed by atoms with Crippen LogP contribution in [-0.4, -0.2) is 11.5 Å². The van der Waals surface area contributed by atoms with Crippen molar-refractivity contribution in [2.75, 3.05) is 6.54 Å². The molecule has 0 aliphatic rings. The summed E-state index contributed by atoms with van der Waals surface area (Å²) in [4.78, 5) is 5.78. The summed E-state index contributed by atoms with van der Waals surface area (Å²) in [5.74, 6) is 0. The van der Waals surface area contributed by atoms with Gasteiger partial charge in [-0.15, -0.1) is 22.7 Å². The molecule has 2 aromatic heterocycles. The molecule has 0 amide bonds. The molecule has 1 N–H and O–H groups in total. The number of hydrogen-bond donors (Lipinski definition) is 1. The van der Waals surface area contributed by atoms with Crippen molar-refractivity contribution in [1.29, 1.82) is 0 Å². The topological polar surface area (TPSA) is 24.9 Å². The second-order valence-electron chi connectivity index (χ2n) is 3.78. The normalized spacial score (nSPS) is 12.9. The van der Waals surface area contributed by atoms with E-state index >= 15 is 0 Å². The highest BCUT2D eigenvalue weighted by Crippen LogP contribution is 2.30. The maximum Gasteiger partial charge on any atom is 0.0914 e. The van der Waals surface area contributed by atoms with E-state index in [1.165, 1.54) is 10.4 Å². The van der Waals surface area contributed by atoms with Gasteiger partial charge in [-0.3, -0.25) is 0 Å². The third-order valence-electron chi connectivity index (χ3n) is 2.50. The molecule has 2 aromatic rings. The summed E-state index contributed by atoms with van der Waals surface area (Å²) < 4.78 is 0. The van der Waals surface area contributed by atoms with Crippen LogP contribution in [0.1, 0.15) is 30.5 Å². The Labute approximate surface area is 104 Å². The maximum absolute atomic E-state index is 4.51. The first-order valence-corrected chi connectivity index (χ1v) is 7.21. The molecule has 0 fully saturated rings. The molecule has 86 valence electrons. The van der Waals surface area contributed by atoms with Crippen LogP contribution in [0.25, 0.3) is 10.6 Å². The standard InChI is InChI=1S/C12H16N2S2/c1-4-13-8(2)10-5-12(16-6-10)11-7-15-9(3)14-11/h5-8,13H,4H2,1-3H3. The largest absolute Gasteiger partial charge is 0.310 e. The van der Waals surface area contributed by atoms with E-state index in [9.17, 15) is 0 Å². The third kappa shape index (κ3) is 2.51. The second-order valence-corrected chi connectivity index (χ2v) is 5.75. The summed E-state index contributed by atoms with van der Waals surface area (Å²) in [7, 11) is 0. The summed E-state index contributed by atoms with van der Waals surface area (Å²) in [5, 5.41) is 8.90. The molecule has 2 heterocycles. The van der Waals surface area contributed by atoms with Crippen LogP contribution in [0.2, 0.25) is 0 Å². The quantitative estimate of drug-likeness (QED) is 0.894. The minimum atomic E-state index is 0.426. The van der Waals surface area contributed by atoms with Crippen molar-refractivity contribution in [3.8, 4) is 10.6 Å². The van der Waals surface area contributed by atoms with Gasteiger partial charge in [-0.2, -0.15) is 0 Å². The zero-order valence-corrected chi connectivity index (χ0v) is 11.4. The summed E-state index contributed by atoms with van der Waals surface area (Å²) in [6, 6.07) is 2.67. The Hall–Kier alpha value is -0.710. The molecule has 1 atom stereocenters. The van der Waals surface area contributed by atoms with Gasteiger partial charge in [0.1, 0.15) is 0 Å². The summed E-state index contributed by atoms with van der Waals surface area (Å²) >= 11 is 3.48. The molecule has 0 bridgehead atoms. The molecule has 0 aromatic carbocycles. The van der Waals surface area contributed by atoms with Gasteiger partial charge < -0.3 is 5.32 Å². The number of rotatable bonds is 4. The molecule has 0 radical (unpaired) electrons. The fourth-order valence-electron chi connectivity index (χ4n) is 1.61. The highest BCUT2D eigenvalue weighted by molar-refractivity contribution is 7.14. The van der Waals surface area contributed by atoms with Crippen LogP contribution >= 0.6 is 22.7 Å². The van der Waals surface area contributed by atoms with Crippen molar-refractivity contribution < 1.29 is 0 Å². The first-order valence-electron chi connectivity index (χ1n) is 5.45.